The summed E-state index contributed by atoms with van der Waals surface area (Å²) in [6.07, 6.45) is 25.7. The second kappa shape index (κ2) is 13.8. The standard InChI is InChI=1S/C54H60/c1-53(2,3)44-27-41-28-45(54(4,5)6)30-43-33-49(36-19-11-8-12-20-36)51-34-47-39(23-14-13-21-37-25-40(47)26-38-22-15-16-24-46(37)38)31-50(51)48(32-42(29-44)52(41)43)35-17-9-7-10-18-35/h7-12,15-20,22,24,26-28,30-31,34,37,41,48-51H,13-14,21,23,25,29,32-33H2,1-6H3. The average Bonchev–Trinajstić information content (AvgIpc) is 3.26. The number of hydrogen-bond acceptors (Lipinski definition) is 0. The molecule has 0 heterocycles. The summed E-state index contributed by atoms with van der Waals surface area (Å²) < 4.78 is 0. The largest absolute Gasteiger partial charge is 0.0764 e. The number of benzene rings is 3. The Labute approximate surface area is 326 Å². The summed E-state index contributed by atoms with van der Waals surface area (Å²) in [6, 6.07) is 32.6. The second-order valence-electron chi connectivity index (χ2n) is 19.5. The summed E-state index contributed by atoms with van der Waals surface area (Å²) in [5, 5.41) is 0. The zero-order valence-electron chi connectivity index (χ0n) is 33.7. The van der Waals surface area contributed by atoms with Crippen molar-refractivity contribution in [1.82, 2.24) is 0 Å². The summed E-state index contributed by atoms with van der Waals surface area (Å²) in [4.78, 5) is 0. The summed E-state index contributed by atoms with van der Waals surface area (Å²) in [5.41, 5.74) is 19.1. The molecule has 276 valence electrons. The van der Waals surface area contributed by atoms with Crippen molar-refractivity contribution >= 4 is 6.08 Å². The third-order valence-electron chi connectivity index (χ3n) is 14.0. The molecule has 6 atom stereocenters. The topological polar surface area (TPSA) is 0 Å². The Morgan fingerprint density at radius 1 is 0.556 bits per heavy atom. The molecule has 6 unspecified atom stereocenters. The van der Waals surface area contributed by atoms with E-state index in [0.717, 1.165) is 19.3 Å². The minimum Gasteiger partial charge on any atom is -0.0764 e. The van der Waals surface area contributed by atoms with Crippen molar-refractivity contribution in [1.29, 1.82) is 0 Å². The van der Waals surface area contributed by atoms with Crippen molar-refractivity contribution < 1.29 is 0 Å². The molecular weight excluding hydrogens is 649 g/mol. The first-order chi connectivity index (χ1) is 26.0. The van der Waals surface area contributed by atoms with Crippen molar-refractivity contribution in [3.63, 3.8) is 0 Å². The quantitative estimate of drug-likeness (QED) is 0.233. The lowest BCUT2D eigenvalue weighted by Gasteiger charge is -2.40. The fourth-order valence-corrected chi connectivity index (χ4v) is 11.1. The van der Waals surface area contributed by atoms with Crippen LogP contribution in [-0.4, -0.2) is 0 Å². The van der Waals surface area contributed by atoms with Gasteiger partial charge in [0.2, 0.25) is 0 Å². The number of rotatable bonds is 2. The third-order valence-corrected chi connectivity index (χ3v) is 14.0. The van der Waals surface area contributed by atoms with E-state index in [0.29, 0.717) is 35.5 Å². The van der Waals surface area contributed by atoms with Crippen molar-refractivity contribution in [2.45, 2.75) is 111 Å². The van der Waals surface area contributed by atoms with E-state index in [4.69, 9.17) is 0 Å². The van der Waals surface area contributed by atoms with Gasteiger partial charge in [0.15, 0.2) is 0 Å². The van der Waals surface area contributed by atoms with E-state index in [2.05, 4.69) is 163 Å². The molecule has 3 aromatic carbocycles. The van der Waals surface area contributed by atoms with Gasteiger partial charge in [-0.3, -0.25) is 0 Å². The van der Waals surface area contributed by atoms with Gasteiger partial charge in [-0.15, -0.1) is 0 Å². The number of hydrogen-bond donors (Lipinski definition) is 0. The van der Waals surface area contributed by atoms with E-state index in [1.165, 1.54) is 54.4 Å². The van der Waals surface area contributed by atoms with Crippen LogP contribution in [0.3, 0.4) is 0 Å². The van der Waals surface area contributed by atoms with E-state index in [1.54, 1.807) is 44.6 Å². The molecule has 0 aromatic heterocycles. The molecule has 1 fully saturated rings. The maximum Gasteiger partial charge on any atom is 0.0209 e. The van der Waals surface area contributed by atoms with Gasteiger partial charge in [0.25, 0.3) is 0 Å². The Bertz CT molecular complexity index is 2140. The van der Waals surface area contributed by atoms with Gasteiger partial charge in [0.05, 0.1) is 0 Å². The Kier molecular flexibility index (Phi) is 9.11. The molecule has 6 aliphatic rings. The SMILES string of the molecule is CC(C)(C)C1=CC2C=C(C(C)(C)C)CC3=C2C(=C1)CC(c1ccccc1)C1C=C2C(=CC1C(c1ccccc1)C3)CCCCC1CC2=Cc2ccccc21. The fraction of sp³-hybridized carbons (Fsp3) is 0.407. The predicted octanol–water partition coefficient (Wildman–Crippen LogP) is 14.8. The van der Waals surface area contributed by atoms with E-state index in [-0.39, 0.29) is 10.8 Å². The predicted molar refractivity (Wildman–Crippen MR) is 229 cm³/mol. The average molecular weight is 709 g/mol. The Morgan fingerprint density at radius 2 is 1.22 bits per heavy atom. The van der Waals surface area contributed by atoms with Crippen LogP contribution in [0.5, 0.6) is 0 Å². The first-order valence-corrected chi connectivity index (χ1v) is 21.2. The number of fused-ring (bicyclic) bond motifs is 7. The maximum atomic E-state index is 2.85. The van der Waals surface area contributed by atoms with Crippen LogP contribution in [0.15, 0.2) is 160 Å². The highest BCUT2D eigenvalue weighted by molar-refractivity contribution is 5.69. The molecule has 0 N–H and O–H groups in total. The highest BCUT2D eigenvalue weighted by atomic mass is 14.5. The highest BCUT2D eigenvalue weighted by Crippen LogP contribution is 2.57. The lowest BCUT2D eigenvalue weighted by molar-refractivity contribution is 0.333. The van der Waals surface area contributed by atoms with E-state index in [9.17, 15) is 0 Å². The Morgan fingerprint density at radius 3 is 1.93 bits per heavy atom. The van der Waals surface area contributed by atoms with E-state index in [1.807, 2.05) is 0 Å². The zero-order chi connectivity index (χ0) is 37.2. The van der Waals surface area contributed by atoms with Crippen LogP contribution >= 0.6 is 0 Å². The van der Waals surface area contributed by atoms with Crippen LogP contribution in [-0.2, 0) is 0 Å². The molecule has 0 radical (unpaired) electrons. The first-order valence-electron chi connectivity index (χ1n) is 21.2. The molecule has 3 aromatic rings. The lowest BCUT2D eigenvalue weighted by Crippen LogP contribution is -2.29. The first kappa shape index (κ1) is 35.5. The van der Waals surface area contributed by atoms with Gasteiger partial charge >= 0.3 is 0 Å². The maximum absolute atomic E-state index is 2.85. The third kappa shape index (κ3) is 6.63. The molecule has 9 rings (SSSR count). The Balaban J connectivity index is 1.28. The summed E-state index contributed by atoms with van der Waals surface area (Å²) in [6.45, 7) is 14.5. The van der Waals surface area contributed by atoms with Gasteiger partial charge in [-0.2, -0.15) is 0 Å². The van der Waals surface area contributed by atoms with Gasteiger partial charge in [0.1, 0.15) is 0 Å². The summed E-state index contributed by atoms with van der Waals surface area (Å²) >= 11 is 0. The zero-order valence-corrected chi connectivity index (χ0v) is 33.7. The van der Waals surface area contributed by atoms with Crippen molar-refractivity contribution in [3.8, 4) is 0 Å². The van der Waals surface area contributed by atoms with Gasteiger partial charge in [-0.1, -0.05) is 180 Å². The van der Waals surface area contributed by atoms with Crippen molar-refractivity contribution in [2.75, 3.05) is 0 Å². The van der Waals surface area contributed by atoms with Crippen LogP contribution in [0.25, 0.3) is 6.08 Å². The minimum atomic E-state index is 0.0871. The van der Waals surface area contributed by atoms with Gasteiger partial charge in [-0.05, 0) is 141 Å². The molecule has 0 spiro atoms. The second-order valence-corrected chi connectivity index (χ2v) is 19.5. The molecule has 1 saturated carbocycles. The molecule has 0 heteroatoms. The molecule has 6 aliphatic carbocycles. The Hall–Kier alpha value is -4.16. The van der Waals surface area contributed by atoms with Gasteiger partial charge in [0, 0.05) is 5.92 Å². The fourth-order valence-electron chi connectivity index (χ4n) is 11.1. The summed E-state index contributed by atoms with van der Waals surface area (Å²) in [5.74, 6) is 2.53. The van der Waals surface area contributed by atoms with Gasteiger partial charge < -0.3 is 0 Å². The van der Waals surface area contributed by atoms with Crippen molar-refractivity contribution in [3.05, 3.63) is 182 Å². The van der Waals surface area contributed by atoms with Crippen LogP contribution in [0.2, 0.25) is 0 Å². The summed E-state index contributed by atoms with van der Waals surface area (Å²) in [7, 11) is 0. The van der Waals surface area contributed by atoms with E-state index >= 15 is 0 Å². The minimum absolute atomic E-state index is 0.0871. The molecule has 54 heavy (non-hydrogen) atoms. The molecular formula is C54H60. The molecule has 0 nitrogen and oxygen atoms in total. The highest BCUT2D eigenvalue weighted by Gasteiger charge is 2.43. The van der Waals surface area contributed by atoms with Crippen molar-refractivity contribution in [2.24, 2.45) is 28.6 Å². The molecule has 0 aliphatic heterocycles. The monoisotopic (exact) mass is 708 g/mol. The number of allylic oxidation sites excluding steroid dienone is 13. The normalized spacial score (nSPS) is 28.2. The van der Waals surface area contributed by atoms with Crippen LogP contribution in [0.1, 0.15) is 133 Å². The molecule has 0 saturated heterocycles. The van der Waals surface area contributed by atoms with Gasteiger partial charge in [-0.25, -0.2) is 0 Å². The van der Waals surface area contributed by atoms with E-state index < -0.39 is 0 Å². The van der Waals surface area contributed by atoms with Crippen LogP contribution < -0.4 is 0 Å². The molecule has 0 amide bonds. The smallest absolute Gasteiger partial charge is 0.0209 e. The molecule has 2 bridgehead atoms. The lowest BCUT2D eigenvalue weighted by atomic mass is 9.63. The van der Waals surface area contributed by atoms with Crippen LogP contribution in [0.4, 0.5) is 0 Å². The van der Waals surface area contributed by atoms with Crippen LogP contribution in [0, 0.1) is 28.6 Å².